The van der Waals surface area contributed by atoms with Crippen molar-refractivity contribution >= 4 is 17.4 Å². The summed E-state index contributed by atoms with van der Waals surface area (Å²) in [7, 11) is 1.62. The average molecular weight is 382 g/mol. The maximum Gasteiger partial charge on any atom is 0.322 e. The van der Waals surface area contributed by atoms with Crippen LogP contribution in [0.2, 0.25) is 0 Å². The van der Waals surface area contributed by atoms with Crippen LogP contribution in [0.5, 0.6) is 5.75 Å². The average Bonchev–Trinajstić information content (AvgIpc) is 2.68. The van der Waals surface area contributed by atoms with E-state index in [1.54, 1.807) is 7.11 Å². The van der Waals surface area contributed by atoms with E-state index in [1.165, 1.54) is 11.3 Å². The van der Waals surface area contributed by atoms with Gasteiger partial charge in [0.05, 0.1) is 12.8 Å². The number of anilines is 2. The van der Waals surface area contributed by atoms with Gasteiger partial charge in [0.2, 0.25) is 0 Å². The van der Waals surface area contributed by atoms with E-state index < -0.39 is 0 Å². The molecule has 3 rings (SSSR count). The zero-order chi connectivity index (χ0) is 20.3. The van der Waals surface area contributed by atoms with Crippen molar-refractivity contribution in [1.82, 2.24) is 4.90 Å². The number of benzene rings is 2. The molecule has 1 saturated heterocycles. The molecule has 2 aromatic carbocycles. The van der Waals surface area contributed by atoms with Gasteiger partial charge in [-0.05, 0) is 47.7 Å². The Morgan fingerprint density at radius 2 is 1.64 bits per heavy atom. The number of nitrogens with zero attached hydrogens (tertiary/aromatic N) is 2. The number of carbonyl (C=O) groups is 1. The minimum Gasteiger partial charge on any atom is -0.495 e. The van der Waals surface area contributed by atoms with Crippen LogP contribution in [-0.2, 0) is 5.41 Å². The Bertz CT molecular complexity index is 817. The molecule has 0 unspecified atom stereocenters. The van der Waals surface area contributed by atoms with Crippen LogP contribution in [0.25, 0.3) is 0 Å². The zero-order valence-electron chi connectivity index (χ0n) is 17.6. The Morgan fingerprint density at radius 3 is 2.21 bits per heavy atom. The summed E-state index contributed by atoms with van der Waals surface area (Å²) in [4.78, 5) is 16.9. The number of methoxy groups -OCH3 is 1. The predicted molar refractivity (Wildman–Crippen MR) is 116 cm³/mol. The van der Waals surface area contributed by atoms with E-state index in [0.29, 0.717) is 24.5 Å². The summed E-state index contributed by atoms with van der Waals surface area (Å²) in [5, 5.41) is 2.99. The first-order chi connectivity index (χ1) is 13.3. The molecule has 0 aliphatic carbocycles. The van der Waals surface area contributed by atoms with E-state index in [1.807, 2.05) is 30.0 Å². The van der Waals surface area contributed by atoms with Crippen molar-refractivity contribution in [3.05, 3.63) is 53.6 Å². The molecule has 0 aromatic heterocycles. The zero-order valence-corrected chi connectivity index (χ0v) is 17.6. The molecule has 5 heteroatoms. The number of ether oxygens (including phenoxy) is 1. The van der Waals surface area contributed by atoms with Crippen LogP contribution < -0.4 is 15.0 Å². The Balaban J connectivity index is 1.59. The van der Waals surface area contributed by atoms with E-state index in [-0.39, 0.29) is 11.4 Å². The minimum absolute atomic E-state index is 0.0772. The van der Waals surface area contributed by atoms with Gasteiger partial charge in [0.25, 0.3) is 0 Å². The van der Waals surface area contributed by atoms with Crippen LogP contribution in [0.1, 0.15) is 31.9 Å². The van der Waals surface area contributed by atoms with Gasteiger partial charge in [-0.25, -0.2) is 4.79 Å². The molecular weight excluding hydrogens is 350 g/mol. The number of nitrogens with one attached hydrogen (secondary N) is 1. The largest absolute Gasteiger partial charge is 0.495 e. The molecule has 1 aliphatic rings. The topological polar surface area (TPSA) is 44.8 Å². The van der Waals surface area contributed by atoms with Gasteiger partial charge >= 0.3 is 6.03 Å². The molecule has 0 spiro atoms. The van der Waals surface area contributed by atoms with Gasteiger partial charge in [0.15, 0.2) is 0 Å². The molecule has 0 bridgehead atoms. The molecule has 2 amide bonds. The number of piperazine rings is 1. The molecule has 28 heavy (non-hydrogen) atoms. The van der Waals surface area contributed by atoms with Crippen molar-refractivity contribution in [1.29, 1.82) is 0 Å². The van der Waals surface area contributed by atoms with Crippen LogP contribution in [-0.4, -0.2) is 44.2 Å². The summed E-state index contributed by atoms with van der Waals surface area (Å²) in [6.45, 7) is 11.7. The third-order valence-electron chi connectivity index (χ3n) is 5.26. The van der Waals surface area contributed by atoms with Crippen LogP contribution in [0.3, 0.4) is 0 Å². The molecule has 0 radical (unpaired) electrons. The highest BCUT2D eigenvalue weighted by Crippen LogP contribution is 2.27. The van der Waals surface area contributed by atoms with Crippen molar-refractivity contribution in [2.45, 2.75) is 33.1 Å². The Labute approximate surface area is 168 Å². The fraction of sp³-hybridized carbons (Fsp3) is 0.435. The van der Waals surface area contributed by atoms with Gasteiger partial charge in [-0.15, -0.1) is 0 Å². The van der Waals surface area contributed by atoms with E-state index in [2.05, 4.69) is 55.3 Å². The maximum absolute atomic E-state index is 12.7. The second-order valence-corrected chi connectivity index (χ2v) is 8.40. The smallest absolute Gasteiger partial charge is 0.322 e. The number of hydrogen-bond acceptors (Lipinski definition) is 3. The van der Waals surface area contributed by atoms with Crippen molar-refractivity contribution in [3.63, 3.8) is 0 Å². The monoisotopic (exact) mass is 381 g/mol. The van der Waals surface area contributed by atoms with Gasteiger partial charge in [-0.2, -0.15) is 0 Å². The minimum atomic E-state index is -0.0772. The van der Waals surface area contributed by atoms with Crippen LogP contribution in [0.15, 0.2) is 42.5 Å². The molecule has 150 valence electrons. The van der Waals surface area contributed by atoms with Crippen molar-refractivity contribution in [2.24, 2.45) is 0 Å². The summed E-state index contributed by atoms with van der Waals surface area (Å²) in [5.74, 6) is 0.677. The SMILES string of the molecule is COc1ccc(C)cc1NC(=O)N1CCN(c2ccc(C(C)(C)C)cc2)CC1. The third kappa shape index (κ3) is 4.58. The summed E-state index contributed by atoms with van der Waals surface area (Å²) < 4.78 is 5.36. The molecule has 1 N–H and O–H groups in total. The summed E-state index contributed by atoms with van der Waals surface area (Å²) in [6.07, 6.45) is 0. The van der Waals surface area contributed by atoms with Crippen molar-refractivity contribution < 1.29 is 9.53 Å². The number of amides is 2. The van der Waals surface area contributed by atoms with Gasteiger partial charge in [0.1, 0.15) is 5.75 Å². The van der Waals surface area contributed by atoms with Crippen LogP contribution >= 0.6 is 0 Å². The third-order valence-corrected chi connectivity index (χ3v) is 5.26. The van der Waals surface area contributed by atoms with E-state index in [4.69, 9.17) is 4.74 Å². The maximum atomic E-state index is 12.7. The number of hydrogen-bond donors (Lipinski definition) is 1. The van der Waals surface area contributed by atoms with Gasteiger partial charge in [0, 0.05) is 31.9 Å². The van der Waals surface area contributed by atoms with Crippen molar-refractivity contribution in [3.8, 4) is 5.75 Å². The van der Waals surface area contributed by atoms with E-state index in [0.717, 1.165) is 18.7 Å². The van der Waals surface area contributed by atoms with E-state index in [9.17, 15) is 4.79 Å². The summed E-state index contributed by atoms with van der Waals surface area (Å²) >= 11 is 0. The fourth-order valence-electron chi connectivity index (χ4n) is 3.45. The lowest BCUT2D eigenvalue weighted by Gasteiger charge is -2.36. The Kier molecular flexibility index (Phi) is 5.82. The fourth-order valence-corrected chi connectivity index (χ4v) is 3.45. The highest BCUT2D eigenvalue weighted by molar-refractivity contribution is 5.91. The Hall–Kier alpha value is -2.69. The van der Waals surface area contributed by atoms with Crippen LogP contribution in [0, 0.1) is 6.92 Å². The molecule has 1 heterocycles. The number of rotatable bonds is 3. The predicted octanol–water partition coefficient (Wildman–Crippen LogP) is 4.66. The summed E-state index contributed by atoms with van der Waals surface area (Å²) in [6, 6.07) is 14.5. The van der Waals surface area contributed by atoms with Gasteiger partial charge < -0.3 is 19.9 Å². The molecule has 1 fully saturated rings. The molecule has 5 nitrogen and oxygen atoms in total. The van der Waals surface area contributed by atoms with Gasteiger partial charge in [-0.1, -0.05) is 39.0 Å². The quantitative estimate of drug-likeness (QED) is 0.841. The first-order valence-electron chi connectivity index (χ1n) is 9.84. The lowest BCUT2D eigenvalue weighted by atomic mass is 9.87. The normalized spacial score (nSPS) is 14.8. The number of aryl methyl sites for hydroxylation is 1. The van der Waals surface area contributed by atoms with Crippen molar-refractivity contribution in [2.75, 3.05) is 43.5 Å². The highest BCUT2D eigenvalue weighted by Gasteiger charge is 2.22. The molecule has 0 saturated carbocycles. The molecular formula is C23H31N3O2. The van der Waals surface area contributed by atoms with E-state index >= 15 is 0 Å². The van der Waals surface area contributed by atoms with Gasteiger partial charge in [-0.3, -0.25) is 0 Å². The lowest BCUT2D eigenvalue weighted by Crippen LogP contribution is -2.50. The first-order valence-corrected chi connectivity index (χ1v) is 9.84. The lowest BCUT2D eigenvalue weighted by molar-refractivity contribution is 0.208. The second-order valence-electron chi connectivity index (χ2n) is 8.40. The standard InChI is InChI=1S/C23H31N3O2/c1-17-6-11-21(28-5)20(16-17)24-22(27)26-14-12-25(13-15-26)19-9-7-18(8-10-19)23(2,3)4/h6-11,16H,12-15H2,1-5H3,(H,24,27). The molecule has 0 atom stereocenters. The highest BCUT2D eigenvalue weighted by atomic mass is 16.5. The van der Waals surface area contributed by atoms with Crippen LogP contribution in [0.4, 0.5) is 16.2 Å². The molecule has 2 aromatic rings. The number of carbonyl (C=O) groups excluding carboxylic acids is 1. The molecule has 1 aliphatic heterocycles. The number of urea groups is 1. The first kappa shape index (κ1) is 20.1. The Morgan fingerprint density at radius 1 is 1.00 bits per heavy atom. The summed E-state index contributed by atoms with van der Waals surface area (Å²) in [5.41, 5.74) is 4.51. The second kappa shape index (κ2) is 8.13.